The number of nitrogens with one attached hydrogen (secondary N) is 1. The fraction of sp³-hybridized carbons (Fsp3) is 0.438. The number of rotatable bonds is 1. The Morgan fingerprint density at radius 1 is 0.778 bits per heavy atom. The van der Waals surface area contributed by atoms with Crippen LogP contribution in [0.3, 0.4) is 0 Å². The summed E-state index contributed by atoms with van der Waals surface area (Å²) in [6, 6.07) is 8.12. The maximum absolute atomic E-state index is 3.96. The average molecular weight is 248 g/mol. The first-order chi connectivity index (χ1) is 8.86. The van der Waals surface area contributed by atoms with Gasteiger partial charge in [-0.25, -0.2) is 0 Å². The van der Waals surface area contributed by atoms with Crippen LogP contribution in [0.15, 0.2) is 36.7 Å². The Morgan fingerprint density at radius 2 is 1.28 bits per heavy atom. The van der Waals surface area contributed by atoms with Gasteiger partial charge in [-0.3, -0.25) is 4.98 Å². The molecular weight excluding hydrogens is 220 g/mol. The molecule has 0 aliphatic carbocycles. The molecular formula is C16H28N2. The second-order valence-electron chi connectivity index (χ2n) is 2.79. The monoisotopic (exact) mass is 248 g/mol. The molecule has 0 unspecified atom stereocenters. The van der Waals surface area contributed by atoms with Crippen molar-refractivity contribution in [3.05, 3.63) is 42.4 Å². The molecule has 0 bridgehead atoms. The van der Waals surface area contributed by atoms with Gasteiger partial charge in [-0.1, -0.05) is 41.5 Å². The highest BCUT2D eigenvalue weighted by Crippen LogP contribution is 2.16. The lowest BCUT2D eigenvalue weighted by molar-refractivity contribution is 1.26. The number of aromatic nitrogens is 2. The minimum Gasteiger partial charge on any atom is -0.359 e. The molecule has 0 spiro atoms. The van der Waals surface area contributed by atoms with Crippen LogP contribution in [0.2, 0.25) is 0 Å². The smallest absolute Gasteiger partial charge is 0.0457 e. The van der Waals surface area contributed by atoms with E-state index in [0.29, 0.717) is 0 Å². The van der Waals surface area contributed by atoms with Crippen LogP contribution in [0.25, 0.3) is 11.3 Å². The summed E-state index contributed by atoms with van der Waals surface area (Å²) in [5.74, 6) is 0. The quantitative estimate of drug-likeness (QED) is 0.713. The zero-order chi connectivity index (χ0) is 14.4. The van der Waals surface area contributed by atoms with E-state index in [1.54, 1.807) is 12.4 Å². The molecule has 2 heteroatoms. The third kappa shape index (κ3) is 6.89. The number of hydrogen-bond donors (Lipinski definition) is 1. The second-order valence-corrected chi connectivity index (χ2v) is 2.79. The summed E-state index contributed by atoms with van der Waals surface area (Å²) in [5.41, 5.74) is 3.51. The Labute approximate surface area is 112 Å². The number of pyridine rings is 1. The van der Waals surface area contributed by atoms with E-state index < -0.39 is 0 Å². The van der Waals surface area contributed by atoms with Gasteiger partial charge in [-0.2, -0.15) is 0 Å². The number of nitrogens with zero attached hydrogens (tertiary/aromatic N) is 1. The summed E-state index contributed by atoms with van der Waals surface area (Å²) >= 11 is 0. The third-order valence-electron chi connectivity index (χ3n) is 1.82. The van der Waals surface area contributed by atoms with Gasteiger partial charge in [0.25, 0.3) is 0 Å². The molecule has 2 nitrogen and oxygen atoms in total. The van der Waals surface area contributed by atoms with Crippen molar-refractivity contribution in [3.8, 4) is 11.3 Å². The molecule has 0 amide bonds. The van der Waals surface area contributed by atoms with Crippen LogP contribution < -0.4 is 0 Å². The summed E-state index contributed by atoms with van der Waals surface area (Å²) in [6.07, 6.45) is 3.59. The van der Waals surface area contributed by atoms with E-state index in [1.807, 2.05) is 60.6 Å². The van der Waals surface area contributed by atoms with E-state index in [1.165, 1.54) is 11.3 Å². The van der Waals surface area contributed by atoms with Crippen LogP contribution in [-0.4, -0.2) is 9.97 Å². The number of hydrogen-bond acceptors (Lipinski definition) is 1. The summed E-state index contributed by atoms with van der Waals surface area (Å²) in [5, 5.41) is 0. The van der Waals surface area contributed by atoms with Crippen LogP contribution in [0.1, 0.15) is 47.2 Å². The van der Waals surface area contributed by atoms with Crippen molar-refractivity contribution >= 4 is 0 Å². The molecule has 0 fully saturated rings. The van der Waals surface area contributed by atoms with Gasteiger partial charge >= 0.3 is 0 Å². The average Bonchev–Trinajstić information content (AvgIpc) is 2.93. The van der Waals surface area contributed by atoms with E-state index in [0.717, 1.165) is 5.69 Å². The van der Waals surface area contributed by atoms with Gasteiger partial charge in [-0.05, 0) is 31.2 Å². The van der Waals surface area contributed by atoms with Crippen molar-refractivity contribution in [1.29, 1.82) is 0 Å². The summed E-state index contributed by atoms with van der Waals surface area (Å²) in [7, 11) is 0. The SMILES string of the molecule is CC.CC.CC.Cc1ccc(-c2ccncc2)[nH]1. The number of H-pyrrole nitrogens is 1. The molecule has 0 radical (unpaired) electrons. The lowest BCUT2D eigenvalue weighted by atomic mass is 10.2. The minimum absolute atomic E-state index is 1.15. The largest absolute Gasteiger partial charge is 0.359 e. The standard InChI is InChI=1S/C10H10N2.3C2H6/c1-8-2-3-10(12-8)9-4-6-11-7-5-9;3*1-2/h2-7,12H,1H3;3*1-2H3. The predicted octanol–water partition coefficient (Wildman–Crippen LogP) is 5.46. The lowest BCUT2D eigenvalue weighted by Crippen LogP contribution is -1.77. The van der Waals surface area contributed by atoms with Gasteiger partial charge in [0.2, 0.25) is 0 Å². The van der Waals surface area contributed by atoms with Crippen molar-refractivity contribution in [2.24, 2.45) is 0 Å². The van der Waals surface area contributed by atoms with Gasteiger partial charge in [-0.15, -0.1) is 0 Å². The van der Waals surface area contributed by atoms with E-state index >= 15 is 0 Å². The number of aryl methyl sites for hydroxylation is 1. The predicted molar refractivity (Wildman–Crippen MR) is 82.8 cm³/mol. The first-order valence-electron chi connectivity index (χ1n) is 6.92. The fourth-order valence-corrected chi connectivity index (χ4v) is 1.20. The molecule has 1 N–H and O–H groups in total. The van der Waals surface area contributed by atoms with Gasteiger partial charge in [0, 0.05) is 29.3 Å². The maximum Gasteiger partial charge on any atom is 0.0457 e. The lowest BCUT2D eigenvalue weighted by Gasteiger charge is -1.94. The highest BCUT2D eigenvalue weighted by Gasteiger charge is 1.96. The van der Waals surface area contributed by atoms with Gasteiger partial charge in [0.15, 0.2) is 0 Å². The first kappa shape index (κ1) is 18.8. The van der Waals surface area contributed by atoms with Crippen LogP contribution in [0.4, 0.5) is 0 Å². The molecule has 2 aromatic rings. The second kappa shape index (κ2) is 13.5. The Bertz CT molecular complexity index is 364. The van der Waals surface area contributed by atoms with Crippen molar-refractivity contribution in [2.45, 2.75) is 48.5 Å². The molecule has 18 heavy (non-hydrogen) atoms. The van der Waals surface area contributed by atoms with Crippen LogP contribution in [0, 0.1) is 6.92 Å². The normalized spacial score (nSPS) is 7.72. The van der Waals surface area contributed by atoms with E-state index in [9.17, 15) is 0 Å². The maximum atomic E-state index is 3.96. The van der Waals surface area contributed by atoms with Gasteiger partial charge < -0.3 is 4.98 Å². The molecule has 0 atom stereocenters. The van der Waals surface area contributed by atoms with E-state index in [-0.39, 0.29) is 0 Å². The molecule has 0 saturated heterocycles. The molecule has 0 aliphatic rings. The van der Waals surface area contributed by atoms with Crippen LogP contribution >= 0.6 is 0 Å². The van der Waals surface area contributed by atoms with Gasteiger partial charge in [0.05, 0.1) is 0 Å². The molecule has 0 saturated carbocycles. The Hall–Kier alpha value is -1.57. The zero-order valence-electron chi connectivity index (χ0n) is 12.9. The van der Waals surface area contributed by atoms with Gasteiger partial charge in [0.1, 0.15) is 0 Å². The zero-order valence-corrected chi connectivity index (χ0v) is 12.9. The third-order valence-corrected chi connectivity index (χ3v) is 1.82. The van der Waals surface area contributed by atoms with Crippen molar-refractivity contribution in [1.82, 2.24) is 9.97 Å². The topological polar surface area (TPSA) is 28.7 Å². The highest BCUT2D eigenvalue weighted by molar-refractivity contribution is 5.58. The Balaban J connectivity index is 0. The van der Waals surface area contributed by atoms with Crippen molar-refractivity contribution in [3.63, 3.8) is 0 Å². The van der Waals surface area contributed by atoms with Crippen molar-refractivity contribution in [2.75, 3.05) is 0 Å². The highest BCUT2D eigenvalue weighted by atomic mass is 14.7. The Kier molecular flexibility index (Phi) is 14.1. The van der Waals surface area contributed by atoms with E-state index in [4.69, 9.17) is 0 Å². The molecule has 2 heterocycles. The molecule has 2 aromatic heterocycles. The van der Waals surface area contributed by atoms with Crippen molar-refractivity contribution < 1.29 is 0 Å². The summed E-state index contributed by atoms with van der Waals surface area (Å²) < 4.78 is 0. The molecule has 102 valence electrons. The first-order valence-corrected chi connectivity index (χ1v) is 6.92. The Morgan fingerprint density at radius 3 is 1.67 bits per heavy atom. The summed E-state index contributed by atoms with van der Waals surface area (Å²) in [4.78, 5) is 7.23. The van der Waals surface area contributed by atoms with E-state index in [2.05, 4.69) is 22.1 Å². The fourth-order valence-electron chi connectivity index (χ4n) is 1.20. The molecule has 0 aromatic carbocycles. The molecule has 2 rings (SSSR count). The molecule has 0 aliphatic heterocycles. The summed E-state index contributed by atoms with van der Waals surface area (Å²) in [6.45, 7) is 14.0. The minimum atomic E-state index is 1.15. The van der Waals surface area contributed by atoms with Crippen LogP contribution in [0.5, 0.6) is 0 Å². The number of aromatic amines is 1. The van der Waals surface area contributed by atoms with Crippen LogP contribution in [-0.2, 0) is 0 Å².